The molecule has 9 heavy (non-hydrogen) atoms. The molecule has 1 fully saturated rings. The third kappa shape index (κ3) is 1.68. The van der Waals surface area contributed by atoms with Crippen molar-refractivity contribution in [3.8, 4) is 0 Å². The second-order valence-corrected chi connectivity index (χ2v) is 2.91. The van der Waals surface area contributed by atoms with Gasteiger partial charge >= 0.3 is 0 Å². The summed E-state index contributed by atoms with van der Waals surface area (Å²) in [4.78, 5) is 0. The highest BCUT2D eigenvalue weighted by Gasteiger charge is 2.26. The quantitative estimate of drug-likeness (QED) is 0.570. The van der Waals surface area contributed by atoms with E-state index in [1.54, 1.807) is 0 Å². The first-order valence-electron chi connectivity index (χ1n) is 3.83. The molecule has 53 valence electrons. The normalized spacial score (nSPS) is 26.0. The molecule has 1 aliphatic rings. The molecule has 0 aromatic rings. The Morgan fingerprint density at radius 1 is 1.56 bits per heavy atom. The zero-order valence-corrected chi connectivity index (χ0v) is 6.06. The Bertz CT molecular complexity index is 82.6. The summed E-state index contributed by atoms with van der Waals surface area (Å²) in [5.74, 6) is 0. The van der Waals surface area contributed by atoms with Gasteiger partial charge in [-0.1, -0.05) is 19.8 Å². The van der Waals surface area contributed by atoms with Crippen LogP contribution in [0.3, 0.4) is 0 Å². The molecule has 1 heteroatoms. The van der Waals surface area contributed by atoms with Crippen molar-refractivity contribution >= 4 is 0 Å². The van der Waals surface area contributed by atoms with Gasteiger partial charge in [0.1, 0.15) is 0 Å². The van der Waals surface area contributed by atoms with E-state index in [1.807, 2.05) is 6.92 Å². The molecule has 0 saturated heterocycles. The van der Waals surface area contributed by atoms with E-state index in [4.69, 9.17) is 0 Å². The molecule has 1 rings (SSSR count). The standard InChI is InChI=1S/C8H15O/c1-2-8(9)6-4-3-5-7-8/h6,9H,2-5,7H2,1H3. The molecule has 0 bridgehead atoms. The molecular weight excluding hydrogens is 112 g/mol. The smallest absolute Gasteiger partial charge is 0.0676 e. The van der Waals surface area contributed by atoms with Crippen LogP contribution in [0.5, 0.6) is 0 Å². The molecule has 0 heterocycles. The van der Waals surface area contributed by atoms with Crippen LogP contribution in [0.2, 0.25) is 0 Å². The predicted molar refractivity (Wildman–Crippen MR) is 38.0 cm³/mol. The first-order chi connectivity index (χ1) is 4.27. The molecular formula is C8H15O. The molecule has 1 aliphatic carbocycles. The summed E-state index contributed by atoms with van der Waals surface area (Å²) in [5, 5.41) is 9.62. The first kappa shape index (κ1) is 7.07. The number of rotatable bonds is 1. The highest BCUT2D eigenvalue weighted by Crippen LogP contribution is 2.29. The van der Waals surface area contributed by atoms with Gasteiger partial charge in [0, 0.05) is 0 Å². The third-order valence-electron chi connectivity index (χ3n) is 2.20. The van der Waals surface area contributed by atoms with E-state index in [0.29, 0.717) is 0 Å². The molecule has 0 aromatic heterocycles. The number of hydrogen-bond donors (Lipinski definition) is 1. The lowest BCUT2D eigenvalue weighted by molar-refractivity contribution is 0.0433. The topological polar surface area (TPSA) is 20.2 Å². The minimum Gasteiger partial charge on any atom is -0.390 e. The van der Waals surface area contributed by atoms with Gasteiger partial charge in [-0.25, -0.2) is 0 Å². The average molecular weight is 127 g/mol. The Kier molecular flexibility index (Phi) is 2.12. The van der Waals surface area contributed by atoms with Gasteiger partial charge in [0.25, 0.3) is 0 Å². The number of hydrogen-bond acceptors (Lipinski definition) is 1. The summed E-state index contributed by atoms with van der Waals surface area (Å²) < 4.78 is 0. The lowest BCUT2D eigenvalue weighted by Crippen LogP contribution is -2.30. The summed E-state index contributed by atoms with van der Waals surface area (Å²) in [6, 6.07) is 0. The zero-order chi connectivity index (χ0) is 6.74. The van der Waals surface area contributed by atoms with Crippen molar-refractivity contribution in [2.24, 2.45) is 0 Å². The van der Waals surface area contributed by atoms with Crippen molar-refractivity contribution in [3.63, 3.8) is 0 Å². The second-order valence-electron chi connectivity index (χ2n) is 2.91. The van der Waals surface area contributed by atoms with Crippen LogP contribution in [0.15, 0.2) is 0 Å². The van der Waals surface area contributed by atoms with E-state index in [0.717, 1.165) is 19.3 Å². The maximum Gasteiger partial charge on any atom is 0.0676 e. The fourth-order valence-corrected chi connectivity index (χ4v) is 1.37. The summed E-state index contributed by atoms with van der Waals surface area (Å²) in [6.45, 7) is 2.04. The molecule has 1 saturated carbocycles. The van der Waals surface area contributed by atoms with Gasteiger partial charge in [-0.3, -0.25) is 0 Å². The van der Waals surface area contributed by atoms with E-state index < -0.39 is 5.60 Å². The van der Waals surface area contributed by atoms with Crippen LogP contribution in [0.25, 0.3) is 0 Å². The van der Waals surface area contributed by atoms with Crippen LogP contribution in [-0.2, 0) is 0 Å². The predicted octanol–water partition coefficient (Wildman–Crippen LogP) is 1.91. The monoisotopic (exact) mass is 127 g/mol. The zero-order valence-electron chi connectivity index (χ0n) is 6.06. The molecule has 0 aromatic carbocycles. The summed E-state index contributed by atoms with van der Waals surface area (Å²) in [7, 11) is 0. The Balaban J connectivity index is 2.37. The van der Waals surface area contributed by atoms with Crippen molar-refractivity contribution < 1.29 is 5.11 Å². The summed E-state index contributed by atoms with van der Waals surface area (Å²) in [5.41, 5.74) is -0.405. The van der Waals surface area contributed by atoms with E-state index in [1.165, 1.54) is 12.8 Å². The van der Waals surface area contributed by atoms with E-state index in [-0.39, 0.29) is 0 Å². The molecule has 0 aliphatic heterocycles. The molecule has 1 atom stereocenters. The maximum atomic E-state index is 9.62. The van der Waals surface area contributed by atoms with Crippen LogP contribution in [0.4, 0.5) is 0 Å². The van der Waals surface area contributed by atoms with E-state index in [9.17, 15) is 5.11 Å². The molecule has 1 N–H and O–H groups in total. The maximum absolute atomic E-state index is 9.62. The Hall–Kier alpha value is -0.0400. The first-order valence-corrected chi connectivity index (χ1v) is 3.83. The molecule has 1 unspecified atom stereocenters. The van der Waals surface area contributed by atoms with Crippen molar-refractivity contribution in [1.29, 1.82) is 0 Å². The SMILES string of the molecule is CCC1(O)[CH]CCCC1. The molecule has 1 nitrogen and oxygen atoms in total. The Morgan fingerprint density at radius 2 is 2.33 bits per heavy atom. The second kappa shape index (κ2) is 2.70. The van der Waals surface area contributed by atoms with Crippen LogP contribution in [0, 0.1) is 6.42 Å². The van der Waals surface area contributed by atoms with E-state index >= 15 is 0 Å². The minimum atomic E-state index is -0.405. The minimum absolute atomic E-state index is 0.405. The van der Waals surface area contributed by atoms with Crippen LogP contribution in [0.1, 0.15) is 39.0 Å². The number of aliphatic hydroxyl groups is 1. The van der Waals surface area contributed by atoms with Crippen molar-refractivity contribution in [1.82, 2.24) is 0 Å². The average Bonchev–Trinajstić information content (AvgIpc) is 1.90. The van der Waals surface area contributed by atoms with Crippen LogP contribution < -0.4 is 0 Å². The van der Waals surface area contributed by atoms with Gasteiger partial charge in [0.05, 0.1) is 5.60 Å². The van der Waals surface area contributed by atoms with E-state index in [2.05, 4.69) is 6.42 Å². The molecule has 0 amide bonds. The Morgan fingerprint density at radius 3 is 2.67 bits per heavy atom. The fraction of sp³-hybridized carbons (Fsp3) is 0.875. The summed E-state index contributed by atoms with van der Waals surface area (Å²) >= 11 is 0. The highest BCUT2D eigenvalue weighted by molar-refractivity contribution is 4.94. The lowest BCUT2D eigenvalue weighted by Gasteiger charge is -2.30. The fourth-order valence-electron chi connectivity index (χ4n) is 1.37. The third-order valence-corrected chi connectivity index (χ3v) is 2.20. The Labute approximate surface area is 57.1 Å². The van der Waals surface area contributed by atoms with Gasteiger partial charge in [0.15, 0.2) is 0 Å². The van der Waals surface area contributed by atoms with Crippen molar-refractivity contribution in [3.05, 3.63) is 6.42 Å². The van der Waals surface area contributed by atoms with Gasteiger partial charge < -0.3 is 5.11 Å². The van der Waals surface area contributed by atoms with Crippen molar-refractivity contribution in [2.45, 2.75) is 44.6 Å². The summed E-state index contributed by atoms with van der Waals surface area (Å²) in [6.07, 6.45) is 7.49. The van der Waals surface area contributed by atoms with Crippen molar-refractivity contribution in [2.75, 3.05) is 0 Å². The van der Waals surface area contributed by atoms with Gasteiger partial charge in [-0.15, -0.1) is 0 Å². The van der Waals surface area contributed by atoms with Gasteiger partial charge in [0.2, 0.25) is 0 Å². The van der Waals surface area contributed by atoms with Crippen LogP contribution in [-0.4, -0.2) is 10.7 Å². The van der Waals surface area contributed by atoms with Crippen LogP contribution >= 0.6 is 0 Å². The molecule has 1 radical (unpaired) electrons. The largest absolute Gasteiger partial charge is 0.390 e. The van der Waals surface area contributed by atoms with Gasteiger partial charge in [-0.05, 0) is 25.7 Å². The highest BCUT2D eigenvalue weighted by atomic mass is 16.3. The lowest BCUT2D eigenvalue weighted by atomic mass is 9.83. The van der Waals surface area contributed by atoms with Gasteiger partial charge in [-0.2, -0.15) is 0 Å². The molecule has 0 spiro atoms.